The van der Waals surface area contributed by atoms with Crippen LogP contribution in [-0.2, 0) is 6.54 Å². The maximum atomic E-state index is 5.14. The second-order valence-electron chi connectivity index (χ2n) is 5.22. The van der Waals surface area contributed by atoms with Gasteiger partial charge in [-0.1, -0.05) is 25.1 Å². The fourth-order valence-corrected chi connectivity index (χ4v) is 2.41. The molecule has 3 heteroatoms. The standard InChI is InChI=1S/C17H24N2O/c1-4-10-18-14(2)16-7-5-6-8-17(16)19(3)12-15-9-11-20-13-15/h5-9,11,13-14,18H,4,10,12H2,1-3H3. The lowest BCUT2D eigenvalue weighted by Gasteiger charge is -2.25. The van der Waals surface area contributed by atoms with E-state index in [0.29, 0.717) is 6.04 Å². The molecule has 3 nitrogen and oxygen atoms in total. The number of nitrogens with zero attached hydrogens (tertiary/aromatic N) is 1. The molecule has 2 rings (SSSR count). The molecule has 0 spiro atoms. The van der Waals surface area contributed by atoms with Gasteiger partial charge in [-0.25, -0.2) is 0 Å². The number of furan rings is 1. The molecule has 1 atom stereocenters. The molecule has 0 saturated carbocycles. The maximum absolute atomic E-state index is 5.14. The summed E-state index contributed by atoms with van der Waals surface area (Å²) in [6, 6.07) is 11.0. The SMILES string of the molecule is CCCNC(C)c1ccccc1N(C)Cc1ccoc1. The number of nitrogens with one attached hydrogen (secondary N) is 1. The molecule has 0 fully saturated rings. The zero-order valence-electron chi connectivity index (χ0n) is 12.6. The first-order chi connectivity index (χ1) is 9.72. The van der Waals surface area contributed by atoms with Gasteiger partial charge in [-0.05, 0) is 37.6 Å². The van der Waals surface area contributed by atoms with Crippen molar-refractivity contribution in [2.75, 3.05) is 18.5 Å². The van der Waals surface area contributed by atoms with Gasteiger partial charge in [0.2, 0.25) is 0 Å². The van der Waals surface area contributed by atoms with Crippen LogP contribution in [0.15, 0.2) is 47.3 Å². The third-order valence-corrected chi connectivity index (χ3v) is 3.51. The minimum absolute atomic E-state index is 0.359. The minimum atomic E-state index is 0.359. The number of hydrogen-bond donors (Lipinski definition) is 1. The highest BCUT2D eigenvalue weighted by atomic mass is 16.3. The first-order valence-corrected chi connectivity index (χ1v) is 7.27. The largest absolute Gasteiger partial charge is 0.472 e. The molecule has 0 radical (unpaired) electrons. The van der Waals surface area contributed by atoms with Gasteiger partial charge in [0.1, 0.15) is 0 Å². The van der Waals surface area contributed by atoms with Gasteiger partial charge in [-0.3, -0.25) is 0 Å². The molecule has 1 heterocycles. The van der Waals surface area contributed by atoms with Crippen molar-refractivity contribution in [3.8, 4) is 0 Å². The van der Waals surface area contributed by atoms with Crippen LogP contribution in [0.4, 0.5) is 5.69 Å². The van der Waals surface area contributed by atoms with Crippen LogP contribution >= 0.6 is 0 Å². The summed E-state index contributed by atoms with van der Waals surface area (Å²) in [6.45, 7) is 6.31. The Morgan fingerprint density at radius 2 is 2.05 bits per heavy atom. The van der Waals surface area contributed by atoms with E-state index < -0.39 is 0 Å². The lowest BCUT2D eigenvalue weighted by molar-refractivity contribution is 0.562. The van der Waals surface area contributed by atoms with E-state index in [1.165, 1.54) is 16.8 Å². The molecule has 0 aliphatic rings. The molecular formula is C17H24N2O. The lowest BCUT2D eigenvalue weighted by Crippen LogP contribution is -2.23. The Hall–Kier alpha value is -1.74. The van der Waals surface area contributed by atoms with Crippen LogP contribution in [-0.4, -0.2) is 13.6 Å². The highest BCUT2D eigenvalue weighted by Gasteiger charge is 2.13. The van der Waals surface area contributed by atoms with E-state index in [1.54, 1.807) is 12.5 Å². The van der Waals surface area contributed by atoms with E-state index in [0.717, 1.165) is 19.5 Å². The summed E-state index contributed by atoms with van der Waals surface area (Å²) in [5.41, 5.74) is 3.80. The fraction of sp³-hybridized carbons (Fsp3) is 0.412. The Kier molecular flexibility index (Phi) is 5.24. The van der Waals surface area contributed by atoms with E-state index in [2.05, 4.69) is 55.4 Å². The average Bonchev–Trinajstić information content (AvgIpc) is 2.97. The van der Waals surface area contributed by atoms with E-state index >= 15 is 0 Å². The molecule has 1 aromatic heterocycles. The van der Waals surface area contributed by atoms with Crippen molar-refractivity contribution in [1.82, 2.24) is 5.32 Å². The molecular weight excluding hydrogens is 248 g/mol. The van der Waals surface area contributed by atoms with Crippen molar-refractivity contribution in [2.24, 2.45) is 0 Å². The van der Waals surface area contributed by atoms with Crippen molar-refractivity contribution in [1.29, 1.82) is 0 Å². The molecule has 0 bridgehead atoms. The normalized spacial score (nSPS) is 12.3. The van der Waals surface area contributed by atoms with E-state index in [-0.39, 0.29) is 0 Å². The van der Waals surface area contributed by atoms with Crippen molar-refractivity contribution in [3.63, 3.8) is 0 Å². The first-order valence-electron chi connectivity index (χ1n) is 7.27. The molecule has 20 heavy (non-hydrogen) atoms. The predicted octanol–water partition coefficient (Wildman–Crippen LogP) is 3.98. The molecule has 2 aromatic rings. The summed E-state index contributed by atoms with van der Waals surface area (Å²) < 4.78 is 5.14. The third kappa shape index (κ3) is 3.64. The van der Waals surface area contributed by atoms with Gasteiger partial charge in [-0.15, -0.1) is 0 Å². The van der Waals surface area contributed by atoms with Crippen LogP contribution in [0.2, 0.25) is 0 Å². The minimum Gasteiger partial charge on any atom is -0.472 e. The Bertz CT molecular complexity index is 507. The second-order valence-corrected chi connectivity index (χ2v) is 5.22. The van der Waals surface area contributed by atoms with Crippen molar-refractivity contribution in [2.45, 2.75) is 32.9 Å². The van der Waals surface area contributed by atoms with Gasteiger partial charge in [-0.2, -0.15) is 0 Å². The number of para-hydroxylation sites is 1. The van der Waals surface area contributed by atoms with Crippen LogP contribution in [0.25, 0.3) is 0 Å². The van der Waals surface area contributed by atoms with E-state index in [1.807, 2.05) is 6.07 Å². The van der Waals surface area contributed by atoms with Crippen molar-refractivity contribution >= 4 is 5.69 Å². The zero-order chi connectivity index (χ0) is 14.4. The molecule has 1 aromatic carbocycles. The van der Waals surface area contributed by atoms with Gasteiger partial charge < -0.3 is 14.6 Å². The smallest absolute Gasteiger partial charge is 0.0952 e. The van der Waals surface area contributed by atoms with E-state index in [9.17, 15) is 0 Å². The third-order valence-electron chi connectivity index (χ3n) is 3.51. The highest BCUT2D eigenvalue weighted by Crippen LogP contribution is 2.26. The number of rotatable bonds is 7. The van der Waals surface area contributed by atoms with Gasteiger partial charge in [0, 0.05) is 30.9 Å². The van der Waals surface area contributed by atoms with Crippen LogP contribution in [0.5, 0.6) is 0 Å². The molecule has 0 saturated heterocycles. The summed E-state index contributed by atoms with van der Waals surface area (Å²) >= 11 is 0. The first kappa shape index (κ1) is 14.7. The van der Waals surface area contributed by atoms with Crippen LogP contribution in [0.3, 0.4) is 0 Å². The summed E-state index contributed by atoms with van der Waals surface area (Å²) in [7, 11) is 2.12. The molecule has 0 amide bonds. The second kappa shape index (κ2) is 7.15. The number of benzene rings is 1. The van der Waals surface area contributed by atoms with Crippen LogP contribution in [0, 0.1) is 0 Å². The zero-order valence-corrected chi connectivity index (χ0v) is 12.6. The van der Waals surface area contributed by atoms with Crippen molar-refractivity contribution < 1.29 is 4.42 Å². The Morgan fingerprint density at radius 1 is 1.25 bits per heavy atom. The topological polar surface area (TPSA) is 28.4 Å². The molecule has 108 valence electrons. The summed E-state index contributed by atoms with van der Waals surface area (Å²) in [5, 5.41) is 3.56. The van der Waals surface area contributed by atoms with Crippen LogP contribution < -0.4 is 10.2 Å². The quantitative estimate of drug-likeness (QED) is 0.826. The van der Waals surface area contributed by atoms with E-state index in [4.69, 9.17) is 4.42 Å². The Morgan fingerprint density at radius 3 is 2.75 bits per heavy atom. The Balaban J connectivity index is 2.14. The van der Waals surface area contributed by atoms with Crippen molar-refractivity contribution in [3.05, 3.63) is 54.0 Å². The van der Waals surface area contributed by atoms with Crippen LogP contribution in [0.1, 0.15) is 37.4 Å². The molecule has 0 aliphatic heterocycles. The van der Waals surface area contributed by atoms with Gasteiger partial charge >= 0.3 is 0 Å². The summed E-state index contributed by atoms with van der Waals surface area (Å²) in [5.74, 6) is 0. The Labute approximate surface area is 121 Å². The highest BCUT2D eigenvalue weighted by molar-refractivity contribution is 5.54. The van der Waals surface area contributed by atoms with Gasteiger partial charge in [0.15, 0.2) is 0 Å². The predicted molar refractivity (Wildman–Crippen MR) is 84.0 cm³/mol. The molecule has 1 unspecified atom stereocenters. The summed E-state index contributed by atoms with van der Waals surface area (Å²) in [6.07, 6.45) is 4.68. The van der Waals surface area contributed by atoms with Gasteiger partial charge in [0.25, 0.3) is 0 Å². The van der Waals surface area contributed by atoms with Gasteiger partial charge in [0.05, 0.1) is 12.5 Å². The molecule has 1 N–H and O–H groups in total. The number of anilines is 1. The molecule has 0 aliphatic carbocycles. The lowest BCUT2D eigenvalue weighted by atomic mass is 10.0. The maximum Gasteiger partial charge on any atom is 0.0952 e. The monoisotopic (exact) mass is 272 g/mol. The number of hydrogen-bond acceptors (Lipinski definition) is 3. The fourth-order valence-electron chi connectivity index (χ4n) is 2.41. The summed E-state index contributed by atoms with van der Waals surface area (Å²) in [4.78, 5) is 2.27. The average molecular weight is 272 g/mol.